The molecule has 0 amide bonds. The average molecular weight is 259 g/mol. The monoisotopic (exact) mass is 259 g/mol. The summed E-state index contributed by atoms with van der Waals surface area (Å²) in [5.74, 6) is -1.25. The molecule has 5 nitrogen and oxygen atoms in total. The zero-order chi connectivity index (χ0) is 13.9. The van der Waals surface area contributed by atoms with Crippen LogP contribution >= 0.6 is 0 Å². The number of alkyl halides is 2. The fourth-order valence-corrected chi connectivity index (χ4v) is 1.49. The van der Waals surface area contributed by atoms with Crippen LogP contribution in [-0.2, 0) is 6.42 Å². The van der Waals surface area contributed by atoms with Crippen molar-refractivity contribution in [2.75, 3.05) is 0 Å². The number of ether oxygens (including phenoxy) is 1. The molecule has 7 heteroatoms. The predicted octanol–water partition coefficient (Wildman–Crippen LogP) is 2.96. The van der Waals surface area contributed by atoms with Gasteiger partial charge in [0.25, 0.3) is 0 Å². The van der Waals surface area contributed by atoms with Gasteiger partial charge >= 0.3 is 12.3 Å². The Hall–Kier alpha value is -2.05. The Morgan fingerprint density at radius 2 is 2.11 bits per heavy atom. The van der Waals surface area contributed by atoms with E-state index in [1.54, 1.807) is 6.92 Å². The van der Waals surface area contributed by atoms with Crippen LogP contribution in [0.25, 0.3) is 0 Å². The van der Waals surface area contributed by atoms with E-state index in [2.05, 4.69) is 4.74 Å². The van der Waals surface area contributed by atoms with E-state index in [-0.39, 0.29) is 5.56 Å². The van der Waals surface area contributed by atoms with Crippen LogP contribution in [0.15, 0.2) is 12.1 Å². The Labute approximate surface area is 102 Å². The van der Waals surface area contributed by atoms with Crippen LogP contribution < -0.4 is 4.74 Å². The van der Waals surface area contributed by atoms with E-state index in [0.29, 0.717) is 12.0 Å². The summed E-state index contributed by atoms with van der Waals surface area (Å²) in [4.78, 5) is 21.3. The smallest absolute Gasteiger partial charge is 0.387 e. The molecule has 98 valence electrons. The van der Waals surface area contributed by atoms with Gasteiger partial charge in [0.2, 0.25) is 5.75 Å². The molecule has 0 unspecified atom stereocenters. The number of nitro groups is 1. The van der Waals surface area contributed by atoms with Crippen LogP contribution in [0.2, 0.25) is 0 Å². The number of carbonyl (C=O) groups excluding carboxylic acids is 1. The van der Waals surface area contributed by atoms with E-state index in [1.807, 2.05) is 0 Å². The van der Waals surface area contributed by atoms with Gasteiger partial charge in [0.05, 0.1) is 10.5 Å². The van der Waals surface area contributed by atoms with Gasteiger partial charge < -0.3 is 4.74 Å². The molecule has 0 heterocycles. The van der Waals surface area contributed by atoms with E-state index in [0.717, 1.165) is 13.0 Å². The zero-order valence-electron chi connectivity index (χ0n) is 9.78. The highest BCUT2D eigenvalue weighted by Crippen LogP contribution is 2.34. The normalized spacial score (nSPS) is 10.5. The van der Waals surface area contributed by atoms with Crippen molar-refractivity contribution in [3.8, 4) is 5.75 Å². The Balaban J connectivity index is 3.49. The highest BCUT2D eigenvalue weighted by atomic mass is 19.3. The van der Waals surface area contributed by atoms with Crippen molar-refractivity contribution in [2.45, 2.75) is 26.9 Å². The second-order valence-electron chi connectivity index (χ2n) is 3.54. The third kappa shape index (κ3) is 2.99. The summed E-state index contributed by atoms with van der Waals surface area (Å²) in [6.07, 6.45) is 0.441. The minimum atomic E-state index is -3.23. The number of nitrogens with zero attached hydrogens (tertiary/aromatic N) is 1. The van der Waals surface area contributed by atoms with Crippen molar-refractivity contribution < 1.29 is 23.2 Å². The Kier molecular flexibility index (Phi) is 4.30. The molecule has 0 aromatic heterocycles. The minimum absolute atomic E-state index is 0.207. The van der Waals surface area contributed by atoms with Gasteiger partial charge in [-0.1, -0.05) is 6.92 Å². The number of aryl methyl sites for hydroxylation is 1. The topological polar surface area (TPSA) is 69.4 Å². The molecule has 0 saturated carbocycles. The van der Waals surface area contributed by atoms with Crippen LogP contribution in [0.4, 0.5) is 14.5 Å². The summed E-state index contributed by atoms with van der Waals surface area (Å²) in [7, 11) is 0. The highest BCUT2D eigenvalue weighted by Gasteiger charge is 2.25. The zero-order valence-corrected chi connectivity index (χ0v) is 9.78. The van der Waals surface area contributed by atoms with Gasteiger partial charge in [0.1, 0.15) is 0 Å². The van der Waals surface area contributed by atoms with Crippen molar-refractivity contribution in [3.05, 3.63) is 33.4 Å². The second-order valence-corrected chi connectivity index (χ2v) is 3.54. The summed E-state index contributed by atoms with van der Waals surface area (Å²) in [5.41, 5.74) is -0.324. The fraction of sp³-hybridized carbons (Fsp3) is 0.364. The van der Waals surface area contributed by atoms with Crippen LogP contribution in [-0.4, -0.2) is 17.3 Å². The van der Waals surface area contributed by atoms with E-state index in [9.17, 15) is 23.7 Å². The van der Waals surface area contributed by atoms with Crippen molar-refractivity contribution in [1.29, 1.82) is 0 Å². The fourth-order valence-electron chi connectivity index (χ4n) is 1.49. The first-order chi connectivity index (χ1) is 8.36. The maximum atomic E-state index is 12.2. The van der Waals surface area contributed by atoms with Gasteiger partial charge in [-0.2, -0.15) is 8.78 Å². The number of ketones is 1. The number of hydrogen-bond acceptors (Lipinski definition) is 4. The minimum Gasteiger partial charge on any atom is -0.427 e. The van der Waals surface area contributed by atoms with Gasteiger partial charge in [-0.15, -0.1) is 0 Å². The summed E-state index contributed by atoms with van der Waals surface area (Å²) >= 11 is 0. The maximum absolute atomic E-state index is 12.2. The van der Waals surface area contributed by atoms with Gasteiger partial charge in [-0.25, -0.2) is 0 Å². The summed E-state index contributed by atoms with van der Waals surface area (Å²) in [6, 6.07) is 2.46. The van der Waals surface area contributed by atoms with Crippen LogP contribution in [0, 0.1) is 10.1 Å². The Bertz CT molecular complexity index is 453. The van der Waals surface area contributed by atoms with E-state index in [1.165, 1.54) is 6.07 Å². The molecule has 18 heavy (non-hydrogen) atoms. The van der Waals surface area contributed by atoms with E-state index in [4.69, 9.17) is 0 Å². The lowest BCUT2D eigenvalue weighted by atomic mass is 10.0. The van der Waals surface area contributed by atoms with E-state index >= 15 is 0 Å². The quantitative estimate of drug-likeness (QED) is 0.463. The standard InChI is InChI=1S/C11H11F2NO4/c1-3-7-4-8(6(2)15)10(18-11(12)13)9(5-7)14(16)17/h4-5,11H,3H2,1-2H3. The summed E-state index contributed by atoms with van der Waals surface area (Å²) in [6.45, 7) is -0.359. The Morgan fingerprint density at radius 3 is 2.50 bits per heavy atom. The SMILES string of the molecule is CCc1cc(C(C)=O)c(OC(F)F)c([N+](=O)[O-])c1. The summed E-state index contributed by atoms with van der Waals surface area (Å²) in [5, 5.41) is 10.8. The molecule has 0 radical (unpaired) electrons. The largest absolute Gasteiger partial charge is 0.427 e. The lowest BCUT2D eigenvalue weighted by Gasteiger charge is -2.10. The molecular formula is C11H11F2NO4. The molecule has 0 saturated heterocycles. The van der Waals surface area contributed by atoms with Crippen LogP contribution in [0.3, 0.4) is 0 Å². The lowest BCUT2D eigenvalue weighted by Crippen LogP contribution is -2.09. The number of Topliss-reactive ketones (excluding diaryl/α,β-unsaturated/α-hetero) is 1. The first kappa shape index (κ1) is 14.0. The molecule has 0 aliphatic rings. The van der Waals surface area contributed by atoms with Crippen molar-refractivity contribution >= 4 is 11.5 Å². The van der Waals surface area contributed by atoms with E-state index < -0.39 is 28.8 Å². The third-order valence-electron chi connectivity index (χ3n) is 2.32. The molecule has 1 rings (SSSR count). The van der Waals surface area contributed by atoms with Crippen molar-refractivity contribution in [3.63, 3.8) is 0 Å². The molecule has 0 atom stereocenters. The van der Waals surface area contributed by atoms with Gasteiger partial charge in [0, 0.05) is 6.07 Å². The molecule has 0 fully saturated rings. The average Bonchev–Trinajstić information content (AvgIpc) is 2.27. The van der Waals surface area contributed by atoms with Gasteiger partial charge in [-0.05, 0) is 25.0 Å². The first-order valence-electron chi connectivity index (χ1n) is 5.13. The Morgan fingerprint density at radius 1 is 1.50 bits per heavy atom. The maximum Gasteiger partial charge on any atom is 0.387 e. The molecule has 1 aromatic carbocycles. The molecule has 0 bridgehead atoms. The predicted molar refractivity (Wildman–Crippen MR) is 59.1 cm³/mol. The van der Waals surface area contributed by atoms with Crippen molar-refractivity contribution in [2.24, 2.45) is 0 Å². The second kappa shape index (κ2) is 5.52. The number of halogens is 2. The lowest BCUT2D eigenvalue weighted by molar-refractivity contribution is -0.386. The number of nitro benzene ring substituents is 1. The summed E-state index contributed by atoms with van der Waals surface area (Å²) < 4.78 is 28.6. The molecule has 0 spiro atoms. The highest BCUT2D eigenvalue weighted by molar-refractivity contribution is 5.98. The number of hydrogen-bond donors (Lipinski definition) is 0. The number of rotatable bonds is 5. The third-order valence-corrected chi connectivity index (χ3v) is 2.32. The van der Waals surface area contributed by atoms with Crippen LogP contribution in [0.5, 0.6) is 5.75 Å². The molecule has 0 aliphatic heterocycles. The first-order valence-corrected chi connectivity index (χ1v) is 5.13. The molecule has 1 aromatic rings. The van der Waals surface area contributed by atoms with Gasteiger partial charge in [0.15, 0.2) is 5.78 Å². The van der Waals surface area contributed by atoms with Crippen LogP contribution in [0.1, 0.15) is 29.8 Å². The molecular weight excluding hydrogens is 248 g/mol. The van der Waals surface area contributed by atoms with Crippen molar-refractivity contribution in [1.82, 2.24) is 0 Å². The van der Waals surface area contributed by atoms with Gasteiger partial charge in [-0.3, -0.25) is 14.9 Å². The molecule has 0 N–H and O–H groups in total. The number of benzene rings is 1. The number of carbonyl (C=O) groups is 1. The molecule has 0 aliphatic carbocycles.